The first kappa shape index (κ1) is 12.5. The molecule has 3 N–H and O–H groups in total. The predicted octanol–water partition coefficient (Wildman–Crippen LogP) is 2.68. The van der Waals surface area contributed by atoms with Gasteiger partial charge in [-0.15, -0.1) is 0 Å². The Morgan fingerprint density at radius 2 is 1.67 bits per heavy atom. The standard InChI is InChI=1S/C15H16O3/c1-10-7-14(17)12(9-13(10)16)15(18)8-11-5-3-2-4-6-11/h2-7,9,15-18H,8H2,1H3. The number of aliphatic hydroxyl groups excluding tert-OH is 1. The Balaban J connectivity index is 2.24. The zero-order valence-corrected chi connectivity index (χ0v) is 10.2. The second kappa shape index (κ2) is 5.10. The van der Waals surface area contributed by atoms with Gasteiger partial charge in [0, 0.05) is 12.0 Å². The number of phenols is 2. The number of aromatic hydroxyl groups is 2. The van der Waals surface area contributed by atoms with E-state index in [0.717, 1.165) is 5.56 Å². The minimum atomic E-state index is -0.834. The van der Waals surface area contributed by atoms with E-state index in [-0.39, 0.29) is 11.5 Å². The Labute approximate surface area is 106 Å². The van der Waals surface area contributed by atoms with E-state index in [9.17, 15) is 15.3 Å². The topological polar surface area (TPSA) is 60.7 Å². The third kappa shape index (κ3) is 2.63. The number of benzene rings is 2. The zero-order chi connectivity index (χ0) is 13.1. The van der Waals surface area contributed by atoms with Crippen molar-refractivity contribution in [3.05, 3.63) is 59.2 Å². The van der Waals surface area contributed by atoms with E-state index in [2.05, 4.69) is 0 Å². The molecule has 0 radical (unpaired) electrons. The van der Waals surface area contributed by atoms with E-state index in [1.165, 1.54) is 12.1 Å². The average molecular weight is 244 g/mol. The van der Waals surface area contributed by atoms with Crippen molar-refractivity contribution in [1.29, 1.82) is 0 Å². The minimum absolute atomic E-state index is 0.00808. The van der Waals surface area contributed by atoms with Gasteiger partial charge in [-0.05, 0) is 30.2 Å². The molecule has 0 bridgehead atoms. The van der Waals surface area contributed by atoms with Gasteiger partial charge in [0.05, 0.1) is 6.10 Å². The fourth-order valence-corrected chi connectivity index (χ4v) is 1.91. The molecule has 0 heterocycles. The summed E-state index contributed by atoms with van der Waals surface area (Å²) >= 11 is 0. The second-order valence-electron chi connectivity index (χ2n) is 4.40. The molecular weight excluding hydrogens is 228 g/mol. The van der Waals surface area contributed by atoms with Crippen LogP contribution in [0.1, 0.15) is 22.8 Å². The van der Waals surface area contributed by atoms with Crippen molar-refractivity contribution in [2.45, 2.75) is 19.4 Å². The van der Waals surface area contributed by atoms with Gasteiger partial charge in [-0.1, -0.05) is 30.3 Å². The lowest BCUT2D eigenvalue weighted by Gasteiger charge is -2.14. The van der Waals surface area contributed by atoms with Crippen LogP contribution >= 0.6 is 0 Å². The van der Waals surface area contributed by atoms with Gasteiger partial charge in [0.15, 0.2) is 0 Å². The van der Waals surface area contributed by atoms with Gasteiger partial charge in [0.25, 0.3) is 0 Å². The summed E-state index contributed by atoms with van der Waals surface area (Å²) in [6, 6.07) is 12.4. The summed E-state index contributed by atoms with van der Waals surface area (Å²) in [4.78, 5) is 0. The fraction of sp³-hybridized carbons (Fsp3) is 0.200. The summed E-state index contributed by atoms with van der Waals surface area (Å²) in [6.45, 7) is 1.70. The largest absolute Gasteiger partial charge is 0.508 e. The van der Waals surface area contributed by atoms with Crippen LogP contribution in [0.4, 0.5) is 0 Å². The van der Waals surface area contributed by atoms with Crippen LogP contribution in [0.3, 0.4) is 0 Å². The highest BCUT2D eigenvalue weighted by atomic mass is 16.3. The first-order valence-corrected chi connectivity index (χ1v) is 5.82. The SMILES string of the molecule is Cc1cc(O)c(C(O)Cc2ccccc2)cc1O. The molecule has 3 nitrogen and oxygen atoms in total. The van der Waals surface area contributed by atoms with E-state index >= 15 is 0 Å². The molecule has 0 fully saturated rings. The molecule has 1 atom stereocenters. The highest BCUT2D eigenvalue weighted by Crippen LogP contribution is 2.32. The molecule has 0 saturated carbocycles. The average Bonchev–Trinajstić information content (AvgIpc) is 2.35. The van der Waals surface area contributed by atoms with Gasteiger partial charge in [-0.25, -0.2) is 0 Å². The van der Waals surface area contributed by atoms with Crippen molar-refractivity contribution < 1.29 is 15.3 Å². The zero-order valence-electron chi connectivity index (χ0n) is 10.2. The van der Waals surface area contributed by atoms with Crippen molar-refractivity contribution in [2.75, 3.05) is 0 Å². The normalized spacial score (nSPS) is 12.3. The Morgan fingerprint density at radius 1 is 1.00 bits per heavy atom. The highest BCUT2D eigenvalue weighted by molar-refractivity contribution is 5.45. The van der Waals surface area contributed by atoms with Crippen molar-refractivity contribution in [2.24, 2.45) is 0 Å². The summed E-state index contributed by atoms with van der Waals surface area (Å²) < 4.78 is 0. The molecule has 2 aromatic rings. The van der Waals surface area contributed by atoms with E-state index in [1.807, 2.05) is 30.3 Å². The molecule has 94 valence electrons. The van der Waals surface area contributed by atoms with Crippen LogP contribution in [0, 0.1) is 6.92 Å². The van der Waals surface area contributed by atoms with Crippen molar-refractivity contribution in [3.63, 3.8) is 0 Å². The Kier molecular flexibility index (Phi) is 3.53. The summed E-state index contributed by atoms with van der Waals surface area (Å²) in [5.74, 6) is 0.0867. The third-order valence-electron chi connectivity index (χ3n) is 2.98. The maximum absolute atomic E-state index is 10.1. The van der Waals surface area contributed by atoms with Crippen LogP contribution in [0.15, 0.2) is 42.5 Å². The van der Waals surface area contributed by atoms with Crippen LogP contribution in [0.25, 0.3) is 0 Å². The molecule has 0 aliphatic carbocycles. The van der Waals surface area contributed by atoms with Gasteiger partial charge in [-0.3, -0.25) is 0 Å². The van der Waals surface area contributed by atoms with Gasteiger partial charge < -0.3 is 15.3 Å². The lowest BCUT2D eigenvalue weighted by molar-refractivity contribution is 0.174. The van der Waals surface area contributed by atoms with Crippen LogP contribution < -0.4 is 0 Å². The quantitative estimate of drug-likeness (QED) is 0.727. The third-order valence-corrected chi connectivity index (χ3v) is 2.98. The molecule has 0 amide bonds. The molecule has 2 aromatic carbocycles. The van der Waals surface area contributed by atoms with Crippen LogP contribution in [0.5, 0.6) is 11.5 Å². The number of hydrogen-bond acceptors (Lipinski definition) is 3. The van der Waals surface area contributed by atoms with Gasteiger partial charge in [0.2, 0.25) is 0 Å². The molecule has 1 unspecified atom stereocenters. The molecule has 0 saturated heterocycles. The maximum atomic E-state index is 10.1. The minimum Gasteiger partial charge on any atom is -0.508 e. The number of phenolic OH excluding ortho intramolecular Hbond substituents is 2. The number of rotatable bonds is 3. The highest BCUT2D eigenvalue weighted by Gasteiger charge is 2.15. The Hall–Kier alpha value is -2.00. The molecule has 0 aromatic heterocycles. The van der Waals surface area contributed by atoms with E-state index in [1.54, 1.807) is 6.92 Å². The van der Waals surface area contributed by atoms with Crippen LogP contribution in [-0.4, -0.2) is 15.3 Å². The molecule has 3 heteroatoms. The molecule has 18 heavy (non-hydrogen) atoms. The summed E-state index contributed by atoms with van der Waals surface area (Å²) in [5, 5.41) is 29.5. The monoisotopic (exact) mass is 244 g/mol. The Morgan fingerprint density at radius 3 is 2.33 bits per heavy atom. The lowest BCUT2D eigenvalue weighted by atomic mass is 9.99. The number of hydrogen-bond donors (Lipinski definition) is 3. The first-order valence-electron chi connectivity index (χ1n) is 5.82. The summed E-state index contributed by atoms with van der Waals surface area (Å²) in [7, 11) is 0. The van der Waals surface area contributed by atoms with Crippen LogP contribution in [-0.2, 0) is 6.42 Å². The first-order chi connectivity index (χ1) is 8.58. The summed E-state index contributed by atoms with van der Waals surface area (Å²) in [5.41, 5.74) is 1.91. The lowest BCUT2D eigenvalue weighted by Crippen LogP contribution is -2.02. The van der Waals surface area contributed by atoms with Gasteiger partial charge in [-0.2, -0.15) is 0 Å². The molecule has 0 aliphatic rings. The second-order valence-corrected chi connectivity index (χ2v) is 4.40. The van der Waals surface area contributed by atoms with E-state index < -0.39 is 6.10 Å². The maximum Gasteiger partial charge on any atom is 0.121 e. The molecule has 0 aliphatic heterocycles. The molecule has 2 rings (SSSR count). The predicted molar refractivity (Wildman–Crippen MR) is 69.6 cm³/mol. The van der Waals surface area contributed by atoms with E-state index in [0.29, 0.717) is 17.5 Å². The van der Waals surface area contributed by atoms with Crippen LogP contribution in [0.2, 0.25) is 0 Å². The summed E-state index contributed by atoms with van der Waals surface area (Å²) in [6.07, 6.45) is -0.435. The van der Waals surface area contributed by atoms with E-state index in [4.69, 9.17) is 0 Å². The number of aliphatic hydroxyl groups is 1. The van der Waals surface area contributed by atoms with Gasteiger partial charge in [0.1, 0.15) is 11.5 Å². The number of aryl methyl sites for hydroxylation is 1. The smallest absolute Gasteiger partial charge is 0.121 e. The fourth-order valence-electron chi connectivity index (χ4n) is 1.91. The van der Waals surface area contributed by atoms with Crippen molar-refractivity contribution in [3.8, 4) is 11.5 Å². The molecule has 0 spiro atoms. The Bertz CT molecular complexity index is 535. The van der Waals surface area contributed by atoms with Gasteiger partial charge >= 0.3 is 0 Å². The van der Waals surface area contributed by atoms with Crippen molar-refractivity contribution >= 4 is 0 Å². The van der Waals surface area contributed by atoms with Crippen molar-refractivity contribution in [1.82, 2.24) is 0 Å². The molecular formula is C15H16O3.